The molecule has 0 fully saturated rings. The minimum absolute atomic E-state index is 0.0379. The normalized spacial score (nSPS) is 11.1. The van der Waals surface area contributed by atoms with Gasteiger partial charge in [0.25, 0.3) is 10.0 Å². The van der Waals surface area contributed by atoms with Crippen molar-refractivity contribution >= 4 is 44.5 Å². The summed E-state index contributed by atoms with van der Waals surface area (Å²) in [5, 5.41) is -0.0379. The summed E-state index contributed by atoms with van der Waals surface area (Å²) in [4.78, 5) is -0.0249. The van der Waals surface area contributed by atoms with Gasteiger partial charge >= 0.3 is 0 Å². The van der Waals surface area contributed by atoms with Crippen LogP contribution < -0.4 is 10.5 Å². The second-order valence-corrected chi connectivity index (χ2v) is 6.62. The van der Waals surface area contributed by atoms with E-state index in [2.05, 4.69) is 4.72 Å². The van der Waals surface area contributed by atoms with Crippen molar-refractivity contribution in [3.05, 3.63) is 58.9 Å². The zero-order chi connectivity index (χ0) is 15.6. The van der Waals surface area contributed by atoms with Crippen LogP contribution in [0.2, 0.25) is 5.02 Å². The van der Waals surface area contributed by atoms with Crippen LogP contribution in [-0.4, -0.2) is 13.4 Å². The number of anilines is 1. The maximum absolute atomic E-state index is 13.7. The molecule has 0 radical (unpaired) electrons. The molecule has 0 unspecified atom stereocenters. The van der Waals surface area contributed by atoms with Crippen molar-refractivity contribution < 1.29 is 12.8 Å². The van der Waals surface area contributed by atoms with Crippen LogP contribution in [0.15, 0.2) is 47.4 Å². The van der Waals surface area contributed by atoms with E-state index in [0.29, 0.717) is 5.56 Å². The Morgan fingerprint density at radius 2 is 1.90 bits per heavy atom. The average molecular weight is 345 g/mol. The molecule has 2 rings (SSSR count). The van der Waals surface area contributed by atoms with Gasteiger partial charge in [0.1, 0.15) is 16.5 Å². The lowest BCUT2D eigenvalue weighted by Crippen LogP contribution is -2.16. The Labute approximate surface area is 131 Å². The van der Waals surface area contributed by atoms with Crippen LogP contribution in [-0.2, 0) is 10.0 Å². The molecule has 2 aromatic rings. The average Bonchev–Trinajstić information content (AvgIpc) is 2.43. The van der Waals surface area contributed by atoms with E-state index in [4.69, 9.17) is 29.6 Å². The molecule has 0 saturated heterocycles. The Balaban J connectivity index is 2.44. The van der Waals surface area contributed by atoms with Crippen LogP contribution in [0.4, 0.5) is 10.1 Å². The molecule has 0 spiro atoms. The standard InChI is InChI=1S/C13H10ClFN2O2S2/c14-10-5-2-6-11(15)12(10)17-21(18,19)9-4-1-3-8(7-9)13(16)20/h1-7,17H,(H2,16,20). The monoisotopic (exact) mass is 344 g/mol. The number of benzene rings is 2. The highest BCUT2D eigenvalue weighted by Crippen LogP contribution is 2.27. The Hall–Kier alpha value is -1.70. The van der Waals surface area contributed by atoms with Crippen LogP contribution in [0, 0.1) is 5.82 Å². The molecular weight excluding hydrogens is 335 g/mol. The molecule has 110 valence electrons. The minimum atomic E-state index is -4.00. The molecule has 0 heterocycles. The van der Waals surface area contributed by atoms with Crippen LogP contribution >= 0.6 is 23.8 Å². The van der Waals surface area contributed by atoms with E-state index in [1.807, 2.05) is 0 Å². The molecule has 4 nitrogen and oxygen atoms in total. The van der Waals surface area contributed by atoms with Gasteiger partial charge in [-0.2, -0.15) is 0 Å². The minimum Gasteiger partial charge on any atom is -0.389 e. The largest absolute Gasteiger partial charge is 0.389 e. The van der Waals surface area contributed by atoms with Gasteiger partial charge in [-0.3, -0.25) is 4.72 Å². The van der Waals surface area contributed by atoms with Crippen LogP contribution in [0.3, 0.4) is 0 Å². The summed E-state index contributed by atoms with van der Waals surface area (Å²) in [5.74, 6) is -0.767. The van der Waals surface area contributed by atoms with Crippen molar-refractivity contribution in [3.8, 4) is 0 Å². The van der Waals surface area contributed by atoms with Gasteiger partial charge in [-0.05, 0) is 24.3 Å². The lowest BCUT2D eigenvalue weighted by Gasteiger charge is -2.11. The van der Waals surface area contributed by atoms with E-state index in [1.165, 1.54) is 30.3 Å². The Kier molecular flexibility index (Phi) is 4.46. The number of rotatable bonds is 4. The molecular formula is C13H10ClFN2O2S2. The first-order valence-electron chi connectivity index (χ1n) is 5.68. The molecule has 0 aliphatic heterocycles. The van der Waals surface area contributed by atoms with Crippen LogP contribution in [0.5, 0.6) is 0 Å². The van der Waals surface area contributed by atoms with Gasteiger partial charge in [0.15, 0.2) is 0 Å². The second-order valence-electron chi connectivity index (χ2n) is 4.09. The fraction of sp³-hybridized carbons (Fsp3) is 0. The van der Waals surface area contributed by atoms with E-state index < -0.39 is 15.8 Å². The van der Waals surface area contributed by atoms with Crippen LogP contribution in [0.1, 0.15) is 5.56 Å². The number of nitrogens with two attached hydrogens (primary N) is 1. The maximum atomic E-state index is 13.7. The van der Waals surface area contributed by atoms with Crippen molar-refractivity contribution in [2.24, 2.45) is 5.73 Å². The van der Waals surface area contributed by atoms with Crippen molar-refractivity contribution in [2.75, 3.05) is 4.72 Å². The Bertz CT molecular complexity index is 789. The Morgan fingerprint density at radius 1 is 1.24 bits per heavy atom. The molecule has 21 heavy (non-hydrogen) atoms. The summed E-state index contributed by atoms with van der Waals surface area (Å²) >= 11 is 10.6. The van der Waals surface area contributed by atoms with Gasteiger partial charge in [0.2, 0.25) is 0 Å². The van der Waals surface area contributed by atoms with Gasteiger partial charge in [0, 0.05) is 5.56 Å². The molecule has 0 saturated carbocycles. The summed E-state index contributed by atoms with van der Waals surface area (Å²) in [5.41, 5.74) is 5.55. The number of halogens is 2. The summed E-state index contributed by atoms with van der Waals surface area (Å²) < 4.78 is 40.3. The van der Waals surface area contributed by atoms with Crippen molar-refractivity contribution in [3.63, 3.8) is 0 Å². The van der Waals surface area contributed by atoms with Gasteiger partial charge in [-0.15, -0.1) is 0 Å². The van der Waals surface area contributed by atoms with E-state index >= 15 is 0 Å². The predicted octanol–water partition coefficient (Wildman–Crippen LogP) is 2.91. The van der Waals surface area contributed by atoms with E-state index in [9.17, 15) is 12.8 Å². The third kappa shape index (κ3) is 3.49. The fourth-order valence-electron chi connectivity index (χ4n) is 1.61. The number of sulfonamides is 1. The van der Waals surface area contributed by atoms with Crippen LogP contribution in [0.25, 0.3) is 0 Å². The third-order valence-corrected chi connectivity index (χ3v) is 4.53. The zero-order valence-electron chi connectivity index (χ0n) is 10.5. The van der Waals surface area contributed by atoms with Crippen molar-refractivity contribution in [1.82, 2.24) is 0 Å². The van der Waals surface area contributed by atoms with E-state index in [0.717, 1.165) is 6.07 Å². The molecule has 0 aliphatic rings. The first kappa shape index (κ1) is 15.7. The molecule has 0 bridgehead atoms. The predicted molar refractivity (Wildman–Crippen MR) is 84.5 cm³/mol. The molecule has 0 aromatic heterocycles. The number of nitrogens with one attached hydrogen (secondary N) is 1. The van der Waals surface area contributed by atoms with Gasteiger partial charge in [-0.25, -0.2) is 12.8 Å². The smallest absolute Gasteiger partial charge is 0.262 e. The summed E-state index contributed by atoms with van der Waals surface area (Å²) in [7, 11) is -4.00. The highest BCUT2D eigenvalue weighted by molar-refractivity contribution is 7.92. The number of para-hydroxylation sites is 1. The number of hydrogen-bond acceptors (Lipinski definition) is 3. The summed E-state index contributed by atoms with van der Waals surface area (Å²) in [6, 6.07) is 9.59. The summed E-state index contributed by atoms with van der Waals surface area (Å²) in [6.45, 7) is 0. The van der Waals surface area contributed by atoms with E-state index in [-0.39, 0.29) is 20.6 Å². The highest BCUT2D eigenvalue weighted by atomic mass is 35.5. The second kappa shape index (κ2) is 5.97. The van der Waals surface area contributed by atoms with Crippen molar-refractivity contribution in [1.29, 1.82) is 0 Å². The van der Waals surface area contributed by atoms with Gasteiger partial charge < -0.3 is 5.73 Å². The van der Waals surface area contributed by atoms with Gasteiger partial charge in [0.05, 0.1) is 9.92 Å². The molecule has 0 amide bonds. The molecule has 2 aromatic carbocycles. The topological polar surface area (TPSA) is 72.2 Å². The fourth-order valence-corrected chi connectivity index (χ4v) is 3.13. The number of hydrogen-bond donors (Lipinski definition) is 2. The SMILES string of the molecule is NC(=S)c1cccc(S(=O)(=O)Nc2c(F)cccc2Cl)c1. The van der Waals surface area contributed by atoms with Gasteiger partial charge in [-0.1, -0.05) is 42.0 Å². The molecule has 3 N–H and O–H groups in total. The lowest BCUT2D eigenvalue weighted by molar-refractivity contribution is 0.598. The van der Waals surface area contributed by atoms with Crippen molar-refractivity contribution in [2.45, 2.75) is 4.90 Å². The molecule has 8 heteroatoms. The number of thiocarbonyl (C=S) groups is 1. The molecule has 0 atom stereocenters. The first-order chi connectivity index (χ1) is 9.81. The zero-order valence-corrected chi connectivity index (χ0v) is 12.9. The third-order valence-electron chi connectivity index (χ3n) is 2.63. The maximum Gasteiger partial charge on any atom is 0.262 e. The molecule has 0 aliphatic carbocycles. The lowest BCUT2D eigenvalue weighted by atomic mass is 10.2. The Morgan fingerprint density at radius 3 is 2.52 bits per heavy atom. The van der Waals surface area contributed by atoms with E-state index in [1.54, 1.807) is 6.07 Å². The quantitative estimate of drug-likeness (QED) is 0.836. The summed E-state index contributed by atoms with van der Waals surface area (Å²) in [6.07, 6.45) is 0. The highest BCUT2D eigenvalue weighted by Gasteiger charge is 2.18. The first-order valence-corrected chi connectivity index (χ1v) is 7.95.